The van der Waals surface area contributed by atoms with Gasteiger partial charge in [0.05, 0.1) is 19.3 Å². The van der Waals surface area contributed by atoms with Crippen molar-refractivity contribution in [3.05, 3.63) is 0 Å². The molecule has 10 heteroatoms. The number of ether oxygens (including phenoxy) is 1. The summed E-state index contributed by atoms with van der Waals surface area (Å²) in [5.74, 6) is -1.10. The summed E-state index contributed by atoms with van der Waals surface area (Å²) in [7, 11) is 0. The number of carbonyl (C=O) groups excluding carboxylic acids is 2. The van der Waals surface area contributed by atoms with Crippen molar-refractivity contribution in [2.75, 3.05) is 0 Å². The summed E-state index contributed by atoms with van der Waals surface area (Å²) in [6.45, 7) is 7.13. The van der Waals surface area contributed by atoms with Crippen molar-refractivity contribution in [3.63, 3.8) is 0 Å². The average molecular weight is 592 g/mol. The molecule has 0 heterocycles. The largest absolute Gasteiger partial charge is 0.481 e. The minimum atomic E-state index is -1.41. The molecule has 0 aromatic carbocycles. The molecule has 4 N–H and O–H groups in total. The van der Waals surface area contributed by atoms with Crippen LogP contribution in [0.5, 0.6) is 0 Å². The molecule has 0 saturated heterocycles. The van der Waals surface area contributed by atoms with E-state index in [-0.39, 0.29) is 36.2 Å². The van der Waals surface area contributed by atoms with E-state index < -0.39 is 42.2 Å². The summed E-state index contributed by atoms with van der Waals surface area (Å²) in [5.41, 5.74) is 0.441. The number of carboxylic acids is 3. The number of nitrogens with one attached hydrogen (secondary N) is 1. The number of rotatable bonds is 12. The molecule has 0 radical (unpaired) electrons. The van der Waals surface area contributed by atoms with E-state index in [1.807, 2.05) is 0 Å². The molecule has 4 aliphatic rings. The lowest BCUT2D eigenvalue weighted by Crippen LogP contribution is -2.54. The number of hydrogen-bond acceptors (Lipinski definition) is 6. The zero-order chi connectivity index (χ0) is 30.8. The van der Waals surface area contributed by atoms with Gasteiger partial charge in [0, 0.05) is 6.42 Å². The molecule has 4 saturated carbocycles. The van der Waals surface area contributed by atoms with Crippen molar-refractivity contribution < 1.29 is 44.0 Å². The van der Waals surface area contributed by atoms with Gasteiger partial charge >= 0.3 is 23.9 Å². The van der Waals surface area contributed by atoms with E-state index in [4.69, 9.17) is 14.9 Å². The lowest BCUT2D eigenvalue weighted by Gasteiger charge is -2.61. The third-order valence-corrected chi connectivity index (χ3v) is 12.1. The van der Waals surface area contributed by atoms with Crippen LogP contribution in [0.15, 0.2) is 0 Å². The molecule has 0 bridgehead atoms. The average Bonchev–Trinajstić information content (AvgIpc) is 3.27. The maximum absolute atomic E-state index is 12.5. The van der Waals surface area contributed by atoms with Crippen molar-refractivity contribution in [2.24, 2.45) is 46.3 Å². The van der Waals surface area contributed by atoms with E-state index in [1.165, 1.54) is 19.3 Å². The third-order valence-electron chi connectivity index (χ3n) is 12.1. The Morgan fingerprint density at radius 3 is 2.19 bits per heavy atom. The fourth-order valence-corrected chi connectivity index (χ4v) is 9.96. The van der Waals surface area contributed by atoms with Gasteiger partial charge in [0.2, 0.25) is 5.91 Å². The van der Waals surface area contributed by atoms with E-state index in [9.17, 15) is 29.1 Å². The summed E-state index contributed by atoms with van der Waals surface area (Å²) in [6.07, 6.45) is 9.58. The summed E-state index contributed by atoms with van der Waals surface area (Å²) in [4.78, 5) is 57.8. The van der Waals surface area contributed by atoms with Crippen LogP contribution in [-0.4, -0.2) is 57.2 Å². The molecule has 0 spiro atoms. The molecule has 0 aliphatic heterocycles. The van der Waals surface area contributed by atoms with Crippen LogP contribution >= 0.6 is 0 Å². The van der Waals surface area contributed by atoms with Crippen molar-refractivity contribution in [1.82, 2.24) is 5.32 Å². The van der Waals surface area contributed by atoms with Crippen LogP contribution in [0, 0.1) is 46.3 Å². The summed E-state index contributed by atoms with van der Waals surface area (Å²) >= 11 is 0. The Morgan fingerprint density at radius 1 is 0.833 bits per heavy atom. The van der Waals surface area contributed by atoms with Gasteiger partial charge in [-0.2, -0.15) is 0 Å². The Balaban J connectivity index is 1.33. The lowest BCUT2D eigenvalue weighted by atomic mass is 9.44. The molecule has 236 valence electrons. The fourth-order valence-electron chi connectivity index (χ4n) is 9.96. The highest BCUT2D eigenvalue weighted by Crippen LogP contribution is 2.68. The SMILES string of the molecule is CC(CCC(=O)NC(CC(=O)O)C(=O)O)C1CCC2C3CCC4CC(OC(=O)CCC(=O)O)CC[C@]4(C)C3CC[C@]12C. The third kappa shape index (κ3) is 6.77. The monoisotopic (exact) mass is 591 g/mol. The predicted octanol–water partition coefficient (Wildman–Crippen LogP) is 4.88. The minimum absolute atomic E-state index is 0.0728. The van der Waals surface area contributed by atoms with Crippen molar-refractivity contribution in [2.45, 2.75) is 123 Å². The molecule has 1 amide bonds. The van der Waals surface area contributed by atoms with Gasteiger partial charge in [0.15, 0.2) is 0 Å². The van der Waals surface area contributed by atoms with E-state index in [0.29, 0.717) is 41.9 Å². The second-order valence-electron chi connectivity index (χ2n) is 14.2. The van der Waals surface area contributed by atoms with Gasteiger partial charge in [0.25, 0.3) is 0 Å². The molecule has 10 atom stereocenters. The first-order valence-electron chi connectivity index (χ1n) is 15.9. The second-order valence-corrected chi connectivity index (χ2v) is 14.2. The van der Waals surface area contributed by atoms with E-state index in [0.717, 1.165) is 38.5 Å². The number of carbonyl (C=O) groups is 5. The normalized spacial score (nSPS) is 36.8. The van der Waals surface area contributed by atoms with Gasteiger partial charge in [0.1, 0.15) is 12.1 Å². The number of esters is 1. The van der Waals surface area contributed by atoms with Crippen LogP contribution < -0.4 is 5.32 Å². The molecular weight excluding hydrogens is 542 g/mol. The molecule has 8 unspecified atom stereocenters. The first-order chi connectivity index (χ1) is 19.7. The van der Waals surface area contributed by atoms with Gasteiger partial charge < -0.3 is 25.4 Å². The fraction of sp³-hybridized carbons (Fsp3) is 0.844. The minimum Gasteiger partial charge on any atom is -0.481 e. The molecule has 42 heavy (non-hydrogen) atoms. The van der Waals surface area contributed by atoms with Gasteiger partial charge in [-0.05, 0) is 111 Å². The number of aliphatic carboxylic acids is 3. The second kappa shape index (κ2) is 12.9. The number of carboxylic acid groups (broad SMARTS) is 3. The Kier molecular flexibility index (Phi) is 9.93. The predicted molar refractivity (Wildman–Crippen MR) is 152 cm³/mol. The molecular formula is C32H49NO9. The van der Waals surface area contributed by atoms with Crippen LogP contribution in [0.25, 0.3) is 0 Å². The maximum Gasteiger partial charge on any atom is 0.326 e. The van der Waals surface area contributed by atoms with Crippen LogP contribution in [0.1, 0.15) is 111 Å². The first kappa shape index (κ1) is 32.3. The van der Waals surface area contributed by atoms with Crippen molar-refractivity contribution in [1.29, 1.82) is 0 Å². The van der Waals surface area contributed by atoms with Crippen molar-refractivity contribution >= 4 is 29.8 Å². The molecule has 4 aliphatic carbocycles. The summed E-state index contributed by atoms with van der Waals surface area (Å²) in [5, 5.41) is 29.4. The Morgan fingerprint density at radius 2 is 1.52 bits per heavy atom. The van der Waals surface area contributed by atoms with Crippen LogP contribution in [0.3, 0.4) is 0 Å². The number of fused-ring (bicyclic) bond motifs is 5. The van der Waals surface area contributed by atoms with Gasteiger partial charge in [-0.15, -0.1) is 0 Å². The lowest BCUT2D eigenvalue weighted by molar-refractivity contribution is -0.164. The van der Waals surface area contributed by atoms with Crippen LogP contribution in [0.4, 0.5) is 0 Å². The van der Waals surface area contributed by atoms with E-state index >= 15 is 0 Å². The molecule has 4 rings (SSSR count). The molecule has 4 fully saturated rings. The summed E-state index contributed by atoms with van der Waals surface area (Å²) in [6, 6.07) is -1.41. The number of hydrogen-bond donors (Lipinski definition) is 4. The van der Waals surface area contributed by atoms with Crippen LogP contribution in [0.2, 0.25) is 0 Å². The molecule has 0 aromatic heterocycles. The Labute approximate surface area is 248 Å². The quantitative estimate of drug-likeness (QED) is 0.231. The number of amides is 1. The van der Waals surface area contributed by atoms with Crippen LogP contribution in [-0.2, 0) is 28.7 Å². The van der Waals surface area contributed by atoms with E-state index in [2.05, 4.69) is 26.1 Å². The molecule has 0 aromatic rings. The Hall–Kier alpha value is -2.65. The highest BCUT2D eigenvalue weighted by molar-refractivity contribution is 5.86. The first-order valence-corrected chi connectivity index (χ1v) is 15.9. The van der Waals surface area contributed by atoms with E-state index in [1.54, 1.807) is 0 Å². The smallest absolute Gasteiger partial charge is 0.326 e. The van der Waals surface area contributed by atoms with Gasteiger partial charge in [-0.1, -0.05) is 20.8 Å². The molecule has 10 nitrogen and oxygen atoms in total. The topological polar surface area (TPSA) is 167 Å². The zero-order valence-electron chi connectivity index (χ0n) is 25.3. The van der Waals surface area contributed by atoms with Crippen molar-refractivity contribution in [3.8, 4) is 0 Å². The highest BCUT2D eigenvalue weighted by Gasteiger charge is 2.60. The Bertz CT molecular complexity index is 1060. The van der Waals surface area contributed by atoms with Gasteiger partial charge in [-0.3, -0.25) is 19.2 Å². The maximum atomic E-state index is 12.5. The summed E-state index contributed by atoms with van der Waals surface area (Å²) < 4.78 is 5.70. The standard InChI is InChI=1S/C32H49NO9/c1-18(4-9-26(34)33-25(30(40)41)17-28(37)38)22-7-8-23-21-6-5-19-16-20(42-29(39)11-10-27(35)36)12-14-31(19,2)24(21)13-15-32(22,23)3/h18-25H,4-17H2,1-3H3,(H,33,34)(H,35,36)(H,37,38)(H,40,41)/t18?,19?,20?,21?,22?,23?,24?,25?,31-,32+/m0/s1. The highest BCUT2D eigenvalue weighted by atomic mass is 16.5. The van der Waals surface area contributed by atoms with Gasteiger partial charge in [-0.25, -0.2) is 4.79 Å². The zero-order valence-corrected chi connectivity index (χ0v) is 25.3.